The molecular weight excluding hydrogens is 258 g/mol. The number of hydrogen-bond acceptors (Lipinski definition) is 4. The maximum atomic E-state index is 12.0. The maximum absolute atomic E-state index is 12.0. The fraction of sp³-hybridized carbons (Fsp3) is 0.300. The molecule has 2 aromatic heterocycles. The molecule has 0 atom stereocenters. The molecule has 2 aromatic rings. The van der Waals surface area contributed by atoms with Crippen LogP contribution in [0.4, 0.5) is 5.69 Å². The monoisotopic (exact) mass is 269 g/mol. The number of halogens is 1. The van der Waals surface area contributed by atoms with Gasteiger partial charge in [0.2, 0.25) is 0 Å². The number of hydrogen-bond donors (Lipinski definition) is 1. The minimum absolute atomic E-state index is 0.302. The fourth-order valence-electron chi connectivity index (χ4n) is 1.49. The summed E-state index contributed by atoms with van der Waals surface area (Å²) in [6, 6.07) is 0. The van der Waals surface area contributed by atoms with Crippen molar-refractivity contribution in [3.8, 4) is 0 Å². The predicted octanol–water partition coefficient (Wildman–Crippen LogP) is 1.13. The van der Waals surface area contributed by atoms with Crippen LogP contribution in [0.5, 0.6) is 0 Å². The van der Waals surface area contributed by atoms with Gasteiger partial charge in [-0.25, -0.2) is 4.68 Å². The van der Waals surface area contributed by atoms with Gasteiger partial charge in [-0.1, -0.05) is 11.6 Å². The van der Waals surface area contributed by atoms with Gasteiger partial charge in [0.25, 0.3) is 5.91 Å². The van der Waals surface area contributed by atoms with Crippen molar-refractivity contribution in [2.75, 3.05) is 12.4 Å². The molecule has 0 aliphatic carbocycles. The molecule has 0 aliphatic heterocycles. The number of aromatic nitrogens is 4. The lowest BCUT2D eigenvalue weighted by Gasteiger charge is -2.03. The SMILES string of the molecule is COCn1cc(NC(=O)c2c(Cl)cnn2C)cn1. The Morgan fingerprint density at radius 1 is 1.50 bits per heavy atom. The number of methoxy groups -OCH3 is 1. The molecule has 0 saturated carbocycles. The second-order valence-corrected chi connectivity index (χ2v) is 4.01. The molecule has 0 aliphatic rings. The first-order chi connectivity index (χ1) is 8.61. The molecule has 0 bridgehead atoms. The van der Waals surface area contributed by atoms with Crippen molar-refractivity contribution in [1.29, 1.82) is 0 Å². The average molecular weight is 270 g/mol. The van der Waals surface area contributed by atoms with Crippen LogP contribution in [0.1, 0.15) is 10.5 Å². The van der Waals surface area contributed by atoms with Crippen molar-refractivity contribution >= 4 is 23.2 Å². The van der Waals surface area contributed by atoms with E-state index in [0.29, 0.717) is 23.1 Å². The molecule has 8 heteroatoms. The summed E-state index contributed by atoms with van der Waals surface area (Å²) in [6.07, 6.45) is 4.61. The molecule has 7 nitrogen and oxygen atoms in total. The second kappa shape index (κ2) is 5.19. The minimum Gasteiger partial charge on any atom is -0.362 e. The number of rotatable bonds is 4. The molecule has 1 amide bonds. The largest absolute Gasteiger partial charge is 0.362 e. The summed E-state index contributed by atoms with van der Waals surface area (Å²) in [5.41, 5.74) is 0.866. The Bertz CT molecular complexity index is 543. The van der Waals surface area contributed by atoms with Crippen LogP contribution < -0.4 is 5.32 Å². The van der Waals surface area contributed by atoms with E-state index < -0.39 is 0 Å². The molecule has 18 heavy (non-hydrogen) atoms. The molecule has 0 radical (unpaired) electrons. The van der Waals surface area contributed by atoms with Crippen LogP contribution in [-0.4, -0.2) is 32.6 Å². The van der Waals surface area contributed by atoms with E-state index in [9.17, 15) is 4.79 Å². The van der Waals surface area contributed by atoms with Gasteiger partial charge in [0.15, 0.2) is 0 Å². The molecule has 0 unspecified atom stereocenters. The summed E-state index contributed by atoms with van der Waals surface area (Å²) >= 11 is 5.88. The maximum Gasteiger partial charge on any atom is 0.275 e. The molecule has 2 rings (SSSR count). The summed E-state index contributed by atoms with van der Waals surface area (Å²) in [6.45, 7) is 0.322. The smallest absolute Gasteiger partial charge is 0.275 e. The number of anilines is 1. The first kappa shape index (κ1) is 12.6. The van der Waals surface area contributed by atoms with Gasteiger partial charge in [0.05, 0.1) is 29.3 Å². The van der Waals surface area contributed by atoms with Gasteiger partial charge in [0, 0.05) is 14.2 Å². The van der Waals surface area contributed by atoms with Crippen molar-refractivity contribution < 1.29 is 9.53 Å². The van der Waals surface area contributed by atoms with E-state index in [0.717, 1.165) is 0 Å². The van der Waals surface area contributed by atoms with E-state index in [1.807, 2.05) is 0 Å². The van der Waals surface area contributed by atoms with Crippen LogP contribution >= 0.6 is 11.6 Å². The normalized spacial score (nSPS) is 10.6. The van der Waals surface area contributed by atoms with Crippen molar-refractivity contribution in [3.63, 3.8) is 0 Å². The van der Waals surface area contributed by atoms with Crippen LogP contribution in [0.3, 0.4) is 0 Å². The number of carbonyl (C=O) groups excluding carboxylic acids is 1. The van der Waals surface area contributed by atoms with Gasteiger partial charge in [-0.3, -0.25) is 9.48 Å². The molecule has 1 N–H and O–H groups in total. The van der Waals surface area contributed by atoms with Crippen molar-refractivity contribution in [3.05, 3.63) is 29.3 Å². The summed E-state index contributed by atoms with van der Waals surface area (Å²) < 4.78 is 7.88. The molecule has 0 spiro atoms. The molecule has 0 fully saturated rings. The Labute approximate surface area is 108 Å². The van der Waals surface area contributed by atoms with E-state index in [-0.39, 0.29) is 5.91 Å². The number of ether oxygens (including phenoxy) is 1. The number of amides is 1. The third kappa shape index (κ3) is 2.52. The minimum atomic E-state index is -0.336. The number of nitrogens with zero attached hydrogens (tertiary/aromatic N) is 4. The summed E-state index contributed by atoms with van der Waals surface area (Å²) in [5, 5.41) is 10.9. The molecule has 2 heterocycles. The Balaban J connectivity index is 2.11. The van der Waals surface area contributed by atoms with Gasteiger partial charge in [-0.15, -0.1) is 0 Å². The summed E-state index contributed by atoms with van der Waals surface area (Å²) in [7, 11) is 3.21. The van der Waals surface area contributed by atoms with E-state index >= 15 is 0 Å². The molecule has 96 valence electrons. The fourth-order valence-corrected chi connectivity index (χ4v) is 1.74. The zero-order valence-corrected chi connectivity index (χ0v) is 10.7. The summed E-state index contributed by atoms with van der Waals surface area (Å²) in [4.78, 5) is 12.0. The van der Waals surface area contributed by atoms with Gasteiger partial charge >= 0.3 is 0 Å². The highest BCUT2D eigenvalue weighted by molar-refractivity contribution is 6.34. The zero-order valence-electron chi connectivity index (χ0n) is 9.92. The van der Waals surface area contributed by atoms with E-state index in [1.54, 1.807) is 25.0 Å². The molecule has 0 aromatic carbocycles. The quantitative estimate of drug-likeness (QED) is 0.903. The van der Waals surface area contributed by atoms with Crippen molar-refractivity contribution in [2.45, 2.75) is 6.73 Å². The number of aryl methyl sites for hydroxylation is 1. The average Bonchev–Trinajstić information content (AvgIpc) is 2.87. The lowest BCUT2D eigenvalue weighted by atomic mass is 10.4. The van der Waals surface area contributed by atoms with Gasteiger partial charge in [0.1, 0.15) is 12.4 Å². The van der Waals surface area contributed by atoms with Crippen LogP contribution in [0.2, 0.25) is 5.02 Å². The third-order valence-corrected chi connectivity index (χ3v) is 2.54. The predicted molar refractivity (Wildman–Crippen MR) is 65.4 cm³/mol. The van der Waals surface area contributed by atoms with Gasteiger partial charge in [-0.05, 0) is 0 Å². The lowest BCUT2D eigenvalue weighted by molar-refractivity contribution is 0.101. The van der Waals surface area contributed by atoms with Crippen LogP contribution in [0, 0.1) is 0 Å². The lowest BCUT2D eigenvalue weighted by Crippen LogP contribution is -2.16. The highest BCUT2D eigenvalue weighted by Crippen LogP contribution is 2.16. The Morgan fingerprint density at radius 3 is 2.89 bits per heavy atom. The Kier molecular flexibility index (Phi) is 3.63. The van der Waals surface area contributed by atoms with Crippen LogP contribution in [0.25, 0.3) is 0 Å². The van der Waals surface area contributed by atoms with E-state index in [1.165, 1.54) is 17.1 Å². The van der Waals surface area contributed by atoms with E-state index in [2.05, 4.69) is 15.5 Å². The second-order valence-electron chi connectivity index (χ2n) is 3.61. The Morgan fingerprint density at radius 2 is 2.28 bits per heavy atom. The Hall–Kier alpha value is -1.86. The van der Waals surface area contributed by atoms with Crippen molar-refractivity contribution in [1.82, 2.24) is 19.6 Å². The first-order valence-corrected chi connectivity index (χ1v) is 5.50. The van der Waals surface area contributed by atoms with Crippen LogP contribution in [0.15, 0.2) is 18.6 Å². The van der Waals surface area contributed by atoms with Crippen molar-refractivity contribution in [2.24, 2.45) is 7.05 Å². The topological polar surface area (TPSA) is 74.0 Å². The van der Waals surface area contributed by atoms with E-state index in [4.69, 9.17) is 16.3 Å². The number of carbonyl (C=O) groups is 1. The third-order valence-electron chi connectivity index (χ3n) is 2.26. The van der Waals surface area contributed by atoms with Gasteiger partial charge in [-0.2, -0.15) is 10.2 Å². The highest BCUT2D eigenvalue weighted by atomic mass is 35.5. The van der Waals surface area contributed by atoms with Crippen LogP contribution in [-0.2, 0) is 18.5 Å². The molecule has 0 saturated heterocycles. The first-order valence-electron chi connectivity index (χ1n) is 5.12. The summed E-state index contributed by atoms with van der Waals surface area (Å²) in [5.74, 6) is -0.336. The zero-order chi connectivity index (χ0) is 13.1. The standard InChI is InChI=1S/C10H12ClN5O2/c1-15-9(8(11)4-12-15)10(17)14-7-3-13-16(5-7)6-18-2/h3-5H,6H2,1-2H3,(H,14,17). The molecular formula is C10H12ClN5O2. The number of nitrogens with one attached hydrogen (secondary N) is 1. The highest BCUT2D eigenvalue weighted by Gasteiger charge is 2.16. The van der Waals surface area contributed by atoms with Gasteiger partial charge < -0.3 is 10.1 Å².